The Bertz CT molecular complexity index is 1070. The van der Waals surface area contributed by atoms with E-state index >= 15 is 0 Å². The van der Waals surface area contributed by atoms with Gasteiger partial charge in [-0.1, -0.05) is 30.3 Å². The number of rotatable bonds is 6. The van der Waals surface area contributed by atoms with Gasteiger partial charge in [-0.25, -0.2) is 0 Å². The van der Waals surface area contributed by atoms with Crippen molar-refractivity contribution in [3.05, 3.63) is 65.2 Å². The van der Waals surface area contributed by atoms with Crippen LogP contribution in [0.4, 0.5) is 4.79 Å². The monoisotopic (exact) mass is 437 g/mol. The number of carbonyl (C=O) groups excluding carboxylic acids is 3. The van der Waals surface area contributed by atoms with Crippen LogP contribution in [0.15, 0.2) is 48.5 Å². The molecule has 1 saturated heterocycles. The van der Waals surface area contributed by atoms with Crippen molar-refractivity contribution in [1.82, 2.24) is 9.80 Å². The Hall–Kier alpha value is -3.35. The second-order valence-corrected chi connectivity index (χ2v) is 8.19. The summed E-state index contributed by atoms with van der Waals surface area (Å²) in [5, 5.41) is 8.71. The van der Waals surface area contributed by atoms with Crippen molar-refractivity contribution >= 4 is 28.8 Å². The summed E-state index contributed by atoms with van der Waals surface area (Å²) < 4.78 is 11.3. The lowest BCUT2D eigenvalue weighted by Gasteiger charge is -2.33. The minimum Gasteiger partial charge on any atom is -0.472 e. The van der Waals surface area contributed by atoms with E-state index in [1.807, 2.05) is 36.4 Å². The first-order chi connectivity index (χ1) is 15.0. The molecule has 0 saturated carbocycles. The Morgan fingerprint density at radius 2 is 2.00 bits per heavy atom. The molecule has 3 amide bonds. The summed E-state index contributed by atoms with van der Waals surface area (Å²) in [5.41, 5.74) is 0.585. The zero-order chi connectivity index (χ0) is 22.0. The number of ether oxygens (including phenoxy) is 2. The molecule has 2 aliphatic heterocycles. The molecule has 4 rings (SSSR count). The van der Waals surface area contributed by atoms with Crippen LogP contribution in [0.25, 0.3) is 0 Å². The van der Waals surface area contributed by atoms with Crippen molar-refractivity contribution in [3.63, 3.8) is 0 Å². The predicted octanol–water partition coefficient (Wildman–Crippen LogP) is 2.98. The lowest BCUT2D eigenvalue weighted by molar-refractivity contribution is -0.134. The average Bonchev–Trinajstić information content (AvgIpc) is 3.06. The van der Waals surface area contributed by atoms with E-state index in [-0.39, 0.29) is 31.0 Å². The fraction of sp³-hybridized carbons (Fsp3) is 0.273. The summed E-state index contributed by atoms with van der Waals surface area (Å²) in [6.45, 7) is 2.05. The normalized spacial score (nSPS) is 19.1. The molecule has 9 heteroatoms. The topological polar surface area (TPSA) is 99.9 Å². The van der Waals surface area contributed by atoms with Gasteiger partial charge in [-0.05, 0) is 42.4 Å². The lowest BCUT2D eigenvalue weighted by atomic mass is 10.1. The fourth-order valence-electron chi connectivity index (χ4n) is 3.33. The van der Waals surface area contributed by atoms with Gasteiger partial charge < -0.3 is 14.4 Å². The molecular formula is C22H19N3O5S. The highest BCUT2D eigenvalue weighted by Crippen LogP contribution is 2.30. The first-order valence-electron chi connectivity index (χ1n) is 9.63. The fourth-order valence-corrected chi connectivity index (χ4v) is 4.17. The number of imide groups is 1. The highest BCUT2D eigenvalue weighted by molar-refractivity contribution is 8.15. The molecule has 8 nitrogen and oxygen atoms in total. The Labute approximate surface area is 183 Å². The van der Waals surface area contributed by atoms with Gasteiger partial charge in [-0.2, -0.15) is 5.26 Å². The molecule has 0 radical (unpaired) electrons. The van der Waals surface area contributed by atoms with E-state index in [4.69, 9.17) is 14.7 Å². The van der Waals surface area contributed by atoms with E-state index < -0.39 is 17.4 Å². The van der Waals surface area contributed by atoms with Gasteiger partial charge in [0, 0.05) is 0 Å². The summed E-state index contributed by atoms with van der Waals surface area (Å²) in [5.74, 6) is -0.255. The number of hydrogen-bond acceptors (Lipinski definition) is 7. The molecule has 0 aromatic heterocycles. The first-order valence-corrected chi connectivity index (χ1v) is 10.5. The largest absolute Gasteiger partial charge is 0.472 e. The van der Waals surface area contributed by atoms with E-state index in [0.29, 0.717) is 16.9 Å². The zero-order valence-electron chi connectivity index (χ0n) is 16.7. The van der Waals surface area contributed by atoms with Crippen LogP contribution >= 0.6 is 11.8 Å². The second kappa shape index (κ2) is 8.79. The number of fused-ring (bicyclic) bond motifs is 1. The third kappa shape index (κ3) is 4.26. The van der Waals surface area contributed by atoms with Crippen LogP contribution in [-0.2, 0) is 16.1 Å². The third-order valence-electron chi connectivity index (χ3n) is 5.06. The molecule has 0 bridgehead atoms. The molecule has 2 heterocycles. The molecular weight excluding hydrogens is 418 g/mol. The SMILES string of the molecule is CC(COC1SC(=O)N(Cc2ccccc2)C1=O)N1COc2ccc(C#N)cc2C1=O. The molecule has 2 aromatic carbocycles. The smallest absolute Gasteiger partial charge is 0.291 e. The molecule has 158 valence electrons. The van der Waals surface area contributed by atoms with Crippen LogP contribution < -0.4 is 4.74 Å². The predicted molar refractivity (Wildman–Crippen MR) is 112 cm³/mol. The summed E-state index contributed by atoms with van der Waals surface area (Å²) in [6.07, 6.45) is 0. The van der Waals surface area contributed by atoms with Gasteiger partial charge >= 0.3 is 0 Å². The Morgan fingerprint density at radius 1 is 1.23 bits per heavy atom. The number of carbonyl (C=O) groups is 3. The summed E-state index contributed by atoms with van der Waals surface area (Å²) in [7, 11) is 0. The third-order valence-corrected chi connectivity index (χ3v) is 6.03. The number of benzene rings is 2. The van der Waals surface area contributed by atoms with Gasteiger partial charge in [0.05, 0.1) is 36.4 Å². The molecule has 2 aliphatic rings. The van der Waals surface area contributed by atoms with Gasteiger partial charge in [0.25, 0.3) is 17.1 Å². The molecule has 0 spiro atoms. The average molecular weight is 437 g/mol. The van der Waals surface area contributed by atoms with Crippen molar-refractivity contribution < 1.29 is 23.9 Å². The van der Waals surface area contributed by atoms with Crippen molar-refractivity contribution in [2.45, 2.75) is 24.9 Å². The molecule has 0 aliphatic carbocycles. The molecule has 2 aromatic rings. The molecule has 1 fully saturated rings. The molecule has 31 heavy (non-hydrogen) atoms. The van der Waals surface area contributed by atoms with Crippen molar-refractivity contribution in [1.29, 1.82) is 5.26 Å². The first kappa shape index (κ1) is 20.9. The van der Waals surface area contributed by atoms with Crippen LogP contribution in [0.1, 0.15) is 28.4 Å². The maximum atomic E-state index is 12.8. The number of amides is 3. The van der Waals surface area contributed by atoms with Gasteiger partial charge in [0.1, 0.15) is 5.75 Å². The summed E-state index contributed by atoms with van der Waals surface area (Å²) in [4.78, 5) is 40.4. The highest BCUT2D eigenvalue weighted by Gasteiger charge is 2.41. The maximum Gasteiger partial charge on any atom is 0.291 e. The van der Waals surface area contributed by atoms with Crippen molar-refractivity contribution in [2.24, 2.45) is 0 Å². The molecule has 2 atom stereocenters. The van der Waals surface area contributed by atoms with Crippen molar-refractivity contribution in [2.75, 3.05) is 13.3 Å². The van der Waals surface area contributed by atoms with Gasteiger partial charge in [0.2, 0.25) is 0 Å². The minimum atomic E-state index is -0.947. The van der Waals surface area contributed by atoms with Crippen LogP contribution in [-0.4, -0.2) is 51.7 Å². The van der Waals surface area contributed by atoms with E-state index in [0.717, 1.165) is 17.3 Å². The van der Waals surface area contributed by atoms with Crippen LogP contribution in [0.3, 0.4) is 0 Å². The van der Waals surface area contributed by atoms with E-state index in [2.05, 4.69) is 0 Å². The Kier molecular flexibility index (Phi) is 5.93. The molecule has 0 N–H and O–H groups in total. The van der Waals surface area contributed by atoms with Crippen molar-refractivity contribution in [3.8, 4) is 11.8 Å². The number of thioether (sulfide) groups is 1. The minimum absolute atomic E-state index is 0.0348. The van der Waals surface area contributed by atoms with Gasteiger partial charge in [-0.15, -0.1) is 0 Å². The standard InChI is InChI=1S/C22H19N3O5S/c1-14(25-13-30-18-8-7-16(10-23)9-17(18)19(25)26)12-29-21-20(27)24(22(28)31-21)11-15-5-3-2-4-6-15/h2-9,14,21H,11-13H2,1H3. The Balaban J connectivity index is 1.37. The van der Waals surface area contributed by atoms with E-state index in [1.165, 1.54) is 15.9 Å². The summed E-state index contributed by atoms with van der Waals surface area (Å²) >= 11 is 0.828. The van der Waals surface area contributed by atoms with Crippen LogP contribution in [0, 0.1) is 11.3 Å². The number of nitrogens with zero attached hydrogens (tertiary/aromatic N) is 3. The van der Waals surface area contributed by atoms with Gasteiger partial charge in [-0.3, -0.25) is 19.3 Å². The number of hydrogen-bond donors (Lipinski definition) is 0. The van der Waals surface area contributed by atoms with Crippen LogP contribution in [0.5, 0.6) is 5.75 Å². The Morgan fingerprint density at radius 3 is 2.74 bits per heavy atom. The van der Waals surface area contributed by atoms with E-state index in [9.17, 15) is 14.4 Å². The zero-order valence-corrected chi connectivity index (χ0v) is 17.5. The summed E-state index contributed by atoms with van der Waals surface area (Å²) in [6, 6.07) is 15.5. The lowest BCUT2D eigenvalue weighted by Crippen LogP contribution is -2.46. The number of nitriles is 1. The maximum absolute atomic E-state index is 12.8. The second-order valence-electron chi connectivity index (χ2n) is 7.18. The quantitative estimate of drug-likeness (QED) is 0.685. The highest BCUT2D eigenvalue weighted by atomic mass is 32.2. The van der Waals surface area contributed by atoms with Gasteiger partial charge in [0.15, 0.2) is 12.2 Å². The van der Waals surface area contributed by atoms with Crippen LogP contribution in [0.2, 0.25) is 0 Å². The van der Waals surface area contributed by atoms with E-state index in [1.54, 1.807) is 19.1 Å². The molecule has 2 unspecified atom stereocenters.